The van der Waals surface area contributed by atoms with E-state index in [1.807, 2.05) is 13.8 Å². The molecule has 4 heteroatoms. The van der Waals surface area contributed by atoms with Crippen LogP contribution < -0.4 is 9.47 Å². The summed E-state index contributed by atoms with van der Waals surface area (Å²) in [5, 5.41) is 0. The highest BCUT2D eigenvalue weighted by atomic mass is 16.5. The molecule has 0 bridgehead atoms. The van der Waals surface area contributed by atoms with Gasteiger partial charge in [-0.15, -0.1) is 0 Å². The Balaban J connectivity index is 1.88. The molecule has 1 aliphatic heterocycles. The zero-order valence-electron chi connectivity index (χ0n) is 27.3. The number of benzene rings is 1. The third kappa shape index (κ3) is 10.4. The Bertz CT molecular complexity index is 1020. The fourth-order valence-corrected chi connectivity index (χ4v) is 6.01. The lowest BCUT2D eigenvalue weighted by atomic mass is 9.83. The number of carbonyl (C=O) groups excluding carboxylic acids is 2. The molecule has 0 N–H and O–H groups in total. The van der Waals surface area contributed by atoms with Gasteiger partial charge in [0.05, 0.1) is 6.42 Å². The molecule has 0 aromatic heterocycles. The van der Waals surface area contributed by atoms with Crippen LogP contribution in [0.15, 0.2) is 12.2 Å². The van der Waals surface area contributed by atoms with Crippen LogP contribution in [-0.2, 0) is 16.0 Å². The number of esters is 1. The molecule has 0 saturated heterocycles. The summed E-state index contributed by atoms with van der Waals surface area (Å²) in [7, 11) is 0. The zero-order chi connectivity index (χ0) is 30.0. The monoisotopic (exact) mass is 554 g/mol. The van der Waals surface area contributed by atoms with Gasteiger partial charge in [0.2, 0.25) is 0 Å². The van der Waals surface area contributed by atoms with Crippen molar-refractivity contribution in [2.45, 2.75) is 151 Å². The van der Waals surface area contributed by atoms with Crippen molar-refractivity contribution >= 4 is 11.8 Å². The molecule has 0 amide bonds. The van der Waals surface area contributed by atoms with Crippen LogP contribution in [0.2, 0.25) is 0 Å². The van der Waals surface area contributed by atoms with Gasteiger partial charge in [0.15, 0.2) is 5.78 Å². The van der Waals surface area contributed by atoms with Crippen LogP contribution >= 0.6 is 0 Å². The molecule has 3 atom stereocenters. The molecule has 4 nitrogen and oxygen atoms in total. The smallest absolute Gasteiger partial charge is 0.311 e. The highest BCUT2D eigenvalue weighted by molar-refractivity contribution is 5.95. The van der Waals surface area contributed by atoms with Gasteiger partial charge in [-0.1, -0.05) is 79.2 Å². The molecule has 40 heavy (non-hydrogen) atoms. The Hall–Kier alpha value is -2.10. The summed E-state index contributed by atoms with van der Waals surface area (Å²) in [6, 6.07) is 0. The first kappa shape index (κ1) is 34.1. The maximum Gasteiger partial charge on any atom is 0.311 e. The summed E-state index contributed by atoms with van der Waals surface area (Å²) in [6.45, 7) is 23.1. The number of carbonyl (C=O) groups is 2. The molecule has 0 fully saturated rings. The van der Waals surface area contributed by atoms with E-state index in [-0.39, 0.29) is 30.2 Å². The standard InChI is InChI=1S/C36H58O4/c1-24(2)14-11-15-26(5)16-12-17-27(6)18-13-22-36(10)23-21-31-30(9)34(28(7)29(8)35(31)40-36)39-33(38)20-19-32(37)25(3)4/h24,26-27H,3,11-23H2,1-2,4-10H3. The highest BCUT2D eigenvalue weighted by Crippen LogP contribution is 2.45. The minimum atomic E-state index is -0.378. The number of rotatable bonds is 17. The molecule has 3 unspecified atom stereocenters. The summed E-state index contributed by atoms with van der Waals surface area (Å²) >= 11 is 0. The van der Waals surface area contributed by atoms with Crippen LogP contribution in [0.1, 0.15) is 141 Å². The van der Waals surface area contributed by atoms with Crippen molar-refractivity contribution in [3.63, 3.8) is 0 Å². The molecular weight excluding hydrogens is 496 g/mol. The number of allylic oxidation sites excluding steroid dienone is 1. The van der Waals surface area contributed by atoms with E-state index in [4.69, 9.17) is 9.47 Å². The average molecular weight is 555 g/mol. The topological polar surface area (TPSA) is 52.6 Å². The second kappa shape index (κ2) is 15.8. The van der Waals surface area contributed by atoms with E-state index in [0.717, 1.165) is 65.0 Å². The van der Waals surface area contributed by atoms with Gasteiger partial charge in [-0.2, -0.15) is 0 Å². The van der Waals surface area contributed by atoms with Gasteiger partial charge in [-0.3, -0.25) is 9.59 Å². The van der Waals surface area contributed by atoms with Gasteiger partial charge in [-0.05, 0) is 100 Å². The van der Waals surface area contributed by atoms with Crippen LogP contribution in [0, 0.1) is 38.5 Å². The summed E-state index contributed by atoms with van der Waals surface area (Å²) in [6.07, 6.45) is 13.7. The normalized spacial score (nSPS) is 18.1. The molecule has 0 radical (unpaired) electrons. The quantitative estimate of drug-likeness (QED) is 0.109. The Morgan fingerprint density at radius 1 is 0.875 bits per heavy atom. The molecule has 2 rings (SSSR count). The largest absolute Gasteiger partial charge is 0.487 e. The first-order valence-electron chi connectivity index (χ1n) is 15.9. The summed E-state index contributed by atoms with van der Waals surface area (Å²) in [5.74, 6) is 3.56. The van der Waals surface area contributed by atoms with Gasteiger partial charge in [0, 0.05) is 12.0 Å². The van der Waals surface area contributed by atoms with Gasteiger partial charge in [0.25, 0.3) is 0 Å². The Labute approximate surface area is 245 Å². The van der Waals surface area contributed by atoms with Gasteiger partial charge >= 0.3 is 5.97 Å². The van der Waals surface area contributed by atoms with Crippen molar-refractivity contribution in [1.82, 2.24) is 0 Å². The second-order valence-electron chi connectivity index (χ2n) is 13.6. The third-order valence-electron chi connectivity index (χ3n) is 9.09. The first-order valence-corrected chi connectivity index (χ1v) is 15.9. The predicted octanol–water partition coefficient (Wildman–Crippen LogP) is 9.97. The molecule has 0 spiro atoms. The van der Waals surface area contributed by atoms with Crippen LogP contribution in [0.25, 0.3) is 0 Å². The Morgan fingerprint density at radius 3 is 2.02 bits per heavy atom. The van der Waals surface area contributed by atoms with E-state index in [1.165, 1.54) is 51.4 Å². The van der Waals surface area contributed by atoms with Gasteiger partial charge in [0.1, 0.15) is 17.1 Å². The summed E-state index contributed by atoms with van der Waals surface area (Å²) in [4.78, 5) is 24.4. The highest BCUT2D eigenvalue weighted by Gasteiger charge is 2.34. The van der Waals surface area contributed by atoms with Crippen LogP contribution in [-0.4, -0.2) is 17.4 Å². The van der Waals surface area contributed by atoms with Crippen molar-refractivity contribution in [3.8, 4) is 11.5 Å². The molecular formula is C36H58O4. The van der Waals surface area contributed by atoms with E-state index < -0.39 is 0 Å². The fraction of sp³-hybridized carbons (Fsp3) is 0.722. The van der Waals surface area contributed by atoms with Crippen molar-refractivity contribution in [2.24, 2.45) is 17.8 Å². The lowest BCUT2D eigenvalue weighted by Gasteiger charge is -2.38. The molecule has 1 aromatic rings. The predicted molar refractivity (Wildman–Crippen MR) is 167 cm³/mol. The number of Topliss-reactive ketones (excluding diaryl/α,β-unsaturated/α-hetero) is 1. The lowest BCUT2D eigenvalue weighted by Crippen LogP contribution is -2.37. The van der Waals surface area contributed by atoms with E-state index in [0.29, 0.717) is 11.3 Å². The van der Waals surface area contributed by atoms with Crippen LogP contribution in [0.3, 0.4) is 0 Å². The van der Waals surface area contributed by atoms with E-state index in [2.05, 4.69) is 48.1 Å². The minimum absolute atomic E-state index is 0.0605. The Morgan fingerprint density at radius 2 is 1.45 bits per heavy atom. The van der Waals surface area contributed by atoms with Crippen LogP contribution in [0.5, 0.6) is 11.5 Å². The maximum atomic E-state index is 12.5. The van der Waals surface area contributed by atoms with E-state index >= 15 is 0 Å². The molecule has 1 aromatic carbocycles. The number of ketones is 1. The van der Waals surface area contributed by atoms with E-state index in [1.54, 1.807) is 6.92 Å². The summed E-state index contributed by atoms with van der Waals surface area (Å²) in [5.41, 5.74) is 4.42. The van der Waals surface area contributed by atoms with Gasteiger partial charge < -0.3 is 9.47 Å². The molecule has 0 saturated carbocycles. The molecule has 226 valence electrons. The van der Waals surface area contributed by atoms with Crippen molar-refractivity contribution in [2.75, 3.05) is 0 Å². The fourth-order valence-electron chi connectivity index (χ4n) is 6.01. The number of hydrogen-bond acceptors (Lipinski definition) is 4. The molecule has 1 heterocycles. The second-order valence-corrected chi connectivity index (χ2v) is 13.6. The Kier molecular flexibility index (Phi) is 13.5. The SMILES string of the molecule is C=C(C)C(=O)CCC(=O)Oc1c(C)c(C)c2c(c1C)CCC(C)(CCCC(C)CCCC(C)CCCC(C)C)O2. The maximum absolute atomic E-state index is 12.5. The van der Waals surface area contributed by atoms with Crippen molar-refractivity contribution < 1.29 is 19.1 Å². The summed E-state index contributed by atoms with van der Waals surface area (Å²) < 4.78 is 12.5. The number of fused-ring (bicyclic) bond motifs is 1. The lowest BCUT2D eigenvalue weighted by molar-refractivity contribution is -0.135. The van der Waals surface area contributed by atoms with Crippen molar-refractivity contribution in [1.29, 1.82) is 0 Å². The minimum Gasteiger partial charge on any atom is -0.487 e. The molecule has 0 aliphatic carbocycles. The number of ether oxygens (including phenoxy) is 2. The zero-order valence-corrected chi connectivity index (χ0v) is 27.3. The molecule has 1 aliphatic rings. The number of hydrogen-bond donors (Lipinski definition) is 0. The first-order chi connectivity index (χ1) is 18.7. The van der Waals surface area contributed by atoms with E-state index in [9.17, 15) is 9.59 Å². The average Bonchev–Trinajstić information content (AvgIpc) is 2.88. The van der Waals surface area contributed by atoms with Crippen molar-refractivity contribution in [3.05, 3.63) is 34.4 Å². The third-order valence-corrected chi connectivity index (χ3v) is 9.09. The van der Waals surface area contributed by atoms with Crippen LogP contribution in [0.4, 0.5) is 0 Å². The van der Waals surface area contributed by atoms with Gasteiger partial charge in [-0.25, -0.2) is 0 Å².